The van der Waals surface area contributed by atoms with Crippen molar-refractivity contribution in [1.82, 2.24) is 9.62 Å². The third-order valence-electron chi connectivity index (χ3n) is 4.97. The summed E-state index contributed by atoms with van der Waals surface area (Å²) in [5.41, 5.74) is 2.34. The molecule has 5 nitrogen and oxygen atoms in total. The standard InChI is InChI=1S/C23H28N2O3S/c1-3-15-29-25(23(28)24-22(27)20-7-5-4-6-8-20)21(19-13-14-19)18-11-9-17(10-12-18)16(2)26/h4-12,16,19,21,26H,3,13-15H2,1-2H3,(H,24,27,28). The van der Waals surface area contributed by atoms with Crippen LogP contribution >= 0.6 is 11.9 Å². The SMILES string of the molecule is CCCSN(C(=O)NC(=O)c1ccccc1)C(c1ccc(C(C)O)cc1)C1CC1. The van der Waals surface area contributed by atoms with E-state index >= 15 is 0 Å². The van der Waals surface area contributed by atoms with Crippen molar-refractivity contribution in [2.45, 2.75) is 45.3 Å². The van der Waals surface area contributed by atoms with Crippen LogP contribution in [0, 0.1) is 5.92 Å². The summed E-state index contributed by atoms with van der Waals surface area (Å²) < 4.78 is 1.74. The van der Waals surface area contributed by atoms with E-state index in [4.69, 9.17) is 0 Å². The maximum Gasteiger partial charge on any atom is 0.334 e. The Balaban J connectivity index is 1.82. The Labute approximate surface area is 176 Å². The summed E-state index contributed by atoms with van der Waals surface area (Å²) in [4.78, 5) is 25.6. The van der Waals surface area contributed by atoms with Crippen LogP contribution in [0.2, 0.25) is 0 Å². The second-order valence-corrected chi connectivity index (χ2v) is 8.47. The lowest BCUT2D eigenvalue weighted by Crippen LogP contribution is -2.42. The average Bonchev–Trinajstić information content (AvgIpc) is 3.56. The molecule has 0 spiro atoms. The van der Waals surface area contributed by atoms with Crippen LogP contribution < -0.4 is 5.32 Å². The number of benzene rings is 2. The third kappa shape index (κ3) is 5.61. The molecule has 0 aliphatic heterocycles. The van der Waals surface area contributed by atoms with Gasteiger partial charge >= 0.3 is 6.03 Å². The number of hydrogen-bond donors (Lipinski definition) is 2. The first kappa shape index (κ1) is 21.4. The number of aliphatic hydroxyl groups excluding tert-OH is 1. The number of amides is 3. The first-order valence-electron chi connectivity index (χ1n) is 10.1. The van der Waals surface area contributed by atoms with Gasteiger partial charge in [-0.15, -0.1) is 0 Å². The largest absolute Gasteiger partial charge is 0.389 e. The van der Waals surface area contributed by atoms with Crippen LogP contribution in [0.1, 0.15) is 66.7 Å². The topological polar surface area (TPSA) is 69.6 Å². The first-order chi connectivity index (χ1) is 14.0. The number of nitrogens with zero attached hydrogens (tertiary/aromatic N) is 1. The number of carbonyl (C=O) groups excluding carboxylic acids is 2. The summed E-state index contributed by atoms with van der Waals surface area (Å²) in [6.07, 6.45) is 2.53. The Bertz CT molecular complexity index is 820. The fourth-order valence-corrected chi connectivity index (χ4v) is 4.25. The molecule has 1 fully saturated rings. The summed E-state index contributed by atoms with van der Waals surface area (Å²) in [5, 5.41) is 12.3. The molecular weight excluding hydrogens is 384 g/mol. The quantitative estimate of drug-likeness (QED) is 0.592. The average molecular weight is 413 g/mol. The van der Waals surface area contributed by atoms with Crippen molar-refractivity contribution in [1.29, 1.82) is 0 Å². The third-order valence-corrected chi connectivity index (χ3v) is 6.23. The molecule has 0 radical (unpaired) electrons. The molecule has 29 heavy (non-hydrogen) atoms. The van der Waals surface area contributed by atoms with E-state index in [1.165, 1.54) is 11.9 Å². The Kier molecular flexibility index (Phi) is 7.34. The van der Waals surface area contributed by atoms with Gasteiger partial charge < -0.3 is 5.11 Å². The summed E-state index contributed by atoms with van der Waals surface area (Å²) in [7, 11) is 0. The van der Waals surface area contributed by atoms with Crippen LogP contribution in [0.25, 0.3) is 0 Å². The van der Waals surface area contributed by atoms with Gasteiger partial charge in [0.25, 0.3) is 5.91 Å². The molecular formula is C23H28N2O3S. The van der Waals surface area contributed by atoms with Crippen molar-refractivity contribution in [2.75, 3.05) is 5.75 Å². The van der Waals surface area contributed by atoms with Crippen molar-refractivity contribution < 1.29 is 14.7 Å². The Hall–Kier alpha value is -2.31. The zero-order valence-corrected chi connectivity index (χ0v) is 17.7. The van der Waals surface area contributed by atoms with E-state index in [1.807, 2.05) is 30.3 Å². The van der Waals surface area contributed by atoms with Gasteiger partial charge in [-0.25, -0.2) is 4.79 Å². The fraction of sp³-hybridized carbons (Fsp3) is 0.391. The lowest BCUT2D eigenvalue weighted by molar-refractivity contribution is 0.0956. The van der Waals surface area contributed by atoms with Crippen molar-refractivity contribution >= 4 is 23.9 Å². The number of imide groups is 1. The summed E-state index contributed by atoms with van der Waals surface area (Å²) in [6.45, 7) is 3.81. The molecule has 0 bridgehead atoms. The smallest absolute Gasteiger partial charge is 0.334 e. The molecule has 0 heterocycles. The van der Waals surface area contributed by atoms with Gasteiger partial charge in [-0.05, 0) is 67.3 Å². The van der Waals surface area contributed by atoms with Crippen molar-refractivity contribution in [3.63, 3.8) is 0 Å². The van der Waals surface area contributed by atoms with Gasteiger partial charge in [0.1, 0.15) is 0 Å². The predicted molar refractivity (Wildman–Crippen MR) is 116 cm³/mol. The number of carbonyl (C=O) groups is 2. The zero-order valence-electron chi connectivity index (χ0n) is 16.9. The van der Waals surface area contributed by atoms with Crippen LogP contribution in [-0.4, -0.2) is 27.1 Å². The van der Waals surface area contributed by atoms with Crippen LogP contribution in [0.4, 0.5) is 4.79 Å². The van der Waals surface area contributed by atoms with E-state index in [0.29, 0.717) is 11.5 Å². The first-order valence-corrected chi connectivity index (χ1v) is 11.1. The molecule has 2 aromatic carbocycles. The van der Waals surface area contributed by atoms with Crippen molar-refractivity contribution in [2.24, 2.45) is 5.92 Å². The number of urea groups is 1. The number of aliphatic hydroxyl groups is 1. The lowest BCUT2D eigenvalue weighted by Gasteiger charge is -2.31. The highest BCUT2D eigenvalue weighted by Crippen LogP contribution is 2.47. The van der Waals surface area contributed by atoms with E-state index in [0.717, 1.165) is 36.1 Å². The zero-order chi connectivity index (χ0) is 20.8. The molecule has 3 rings (SSSR count). The minimum atomic E-state index is -0.527. The van der Waals surface area contributed by atoms with E-state index in [2.05, 4.69) is 12.2 Å². The van der Waals surface area contributed by atoms with Crippen LogP contribution in [0.15, 0.2) is 54.6 Å². The van der Waals surface area contributed by atoms with Gasteiger partial charge in [0.15, 0.2) is 0 Å². The number of rotatable bonds is 8. The highest BCUT2D eigenvalue weighted by atomic mass is 32.2. The van der Waals surface area contributed by atoms with Crippen LogP contribution in [0.3, 0.4) is 0 Å². The second kappa shape index (κ2) is 9.94. The second-order valence-electron chi connectivity index (χ2n) is 7.41. The molecule has 2 atom stereocenters. The van der Waals surface area contributed by atoms with E-state index in [1.54, 1.807) is 35.5 Å². The minimum absolute atomic E-state index is 0.0989. The summed E-state index contributed by atoms with van der Waals surface area (Å²) >= 11 is 1.47. The predicted octanol–water partition coefficient (Wildman–Crippen LogP) is 5.10. The van der Waals surface area contributed by atoms with Gasteiger partial charge in [0, 0.05) is 11.3 Å². The molecule has 2 aromatic rings. The van der Waals surface area contributed by atoms with Crippen LogP contribution in [0.5, 0.6) is 0 Å². The van der Waals surface area contributed by atoms with E-state index < -0.39 is 12.0 Å². The van der Waals surface area contributed by atoms with Gasteiger partial charge in [-0.3, -0.25) is 14.4 Å². The molecule has 0 aromatic heterocycles. The molecule has 1 aliphatic rings. The highest BCUT2D eigenvalue weighted by molar-refractivity contribution is 7.97. The van der Waals surface area contributed by atoms with Gasteiger partial charge in [0.2, 0.25) is 0 Å². The molecule has 2 N–H and O–H groups in total. The molecule has 3 amide bonds. The van der Waals surface area contributed by atoms with Crippen molar-refractivity contribution in [3.05, 3.63) is 71.3 Å². The minimum Gasteiger partial charge on any atom is -0.389 e. The number of hydrogen-bond acceptors (Lipinski definition) is 4. The maximum atomic E-state index is 13.1. The molecule has 2 unspecified atom stereocenters. The molecule has 0 saturated heterocycles. The summed E-state index contributed by atoms with van der Waals surface area (Å²) in [6, 6.07) is 16.1. The molecule has 1 saturated carbocycles. The van der Waals surface area contributed by atoms with E-state index in [-0.39, 0.29) is 12.1 Å². The monoisotopic (exact) mass is 412 g/mol. The van der Waals surface area contributed by atoms with Crippen LogP contribution in [-0.2, 0) is 0 Å². The lowest BCUT2D eigenvalue weighted by atomic mass is 9.99. The summed E-state index contributed by atoms with van der Waals surface area (Å²) in [5.74, 6) is 0.785. The normalized spacial score (nSPS) is 15.4. The van der Waals surface area contributed by atoms with Gasteiger partial charge in [-0.2, -0.15) is 0 Å². The van der Waals surface area contributed by atoms with Crippen molar-refractivity contribution in [3.8, 4) is 0 Å². The highest BCUT2D eigenvalue weighted by Gasteiger charge is 2.39. The maximum absolute atomic E-state index is 13.1. The van der Waals surface area contributed by atoms with Gasteiger partial charge in [0.05, 0.1) is 12.1 Å². The molecule has 6 heteroatoms. The Morgan fingerprint density at radius 3 is 2.28 bits per heavy atom. The van der Waals surface area contributed by atoms with Gasteiger partial charge in [-0.1, -0.05) is 49.4 Å². The number of nitrogens with one attached hydrogen (secondary N) is 1. The Morgan fingerprint density at radius 1 is 1.10 bits per heavy atom. The van der Waals surface area contributed by atoms with E-state index in [9.17, 15) is 14.7 Å². The Morgan fingerprint density at radius 2 is 1.72 bits per heavy atom. The fourth-order valence-electron chi connectivity index (χ4n) is 3.25. The molecule has 154 valence electrons. The molecule has 1 aliphatic carbocycles.